The molecule has 0 aromatic heterocycles. The minimum absolute atomic E-state index is 0.0263. The van der Waals surface area contributed by atoms with E-state index in [1.54, 1.807) is 20.8 Å². The van der Waals surface area contributed by atoms with E-state index in [0.29, 0.717) is 18.6 Å². The second-order valence-corrected chi connectivity index (χ2v) is 8.32. The molecule has 0 radical (unpaired) electrons. The Morgan fingerprint density at radius 3 is 2.29 bits per heavy atom. The number of nitrogens with one attached hydrogen (secondary N) is 2. The van der Waals surface area contributed by atoms with Crippen LogP contribution in [0, 0.1) is 16.0 Å². The van der Waals surface area contributed by atoms with Crippen molar-refractivity contribution < 1.29 is 42.7 Å². The first-order valence-electron chi connectivity index (χ1n) is 10.8. The van der Waals surface area contributed by atoms with Crippen LogP contribution in [-0.2, 0) is 11.0 Å². The van der Waals surface area contributed by atoms with E-state index in [4.69, 9.17) is 0 Å². The molecule has 196 valence electrons. The molecule has 0 saturated heterocycles. The number of aliphatic hydroxyl groups is 1. The molecule has 0 bridgehead atoms. The van der Waals surface area contributed by atoms with Crippen LogP contribution in [-0.4, -0.2) is 69.7 Å². The third-order valence-corrected chi connectivity index (χ3v) is 4.80. The molecular weight excluding hydrogens is 477 g/mol. The van der Waals surface area contributed by atoms with Crippen molar-refractivity contribution in [2.45, 2.75) is 51.9 Å². The summed E-state index contributed by atoms with van der Waals surface area (Å²) in [5.74, 6) is -2.02. The second kappa shape index (κ2) is 12.9. The Hall–Kier alpha value is -3.42. The minimum atomic E-state index is -4.94. The number of hydrogen-bond donors (Lipinski definition) is 4. The van der Waals surface area contributed by atoms with Gasteiger partial charge in [-0.15, -0.1) is 0 Å². The number of aliphatic hydroxyl groups excluding tert-OH is 1. The molecule has 4 N–H and O–H groups in total. The van der Waals surface area contributed by atoms with Gasteiger partial charge < -0.3 is 25.7 Å². The van der Waals surface area contributed by atoms with Gasteiger partial charge in [-0.2, -0.15) is 13.2 Å². The largest absolute Gasteiger partial charge is 0.465 e. The number of nitro groups is 1. The SMILES string of the molecule is CCC[C@H](O)[C@H](CN(CC(C)C)C(=O)O)NC(=O)CNC(=O)c1cc([N+](=O)[O-])cc(C(F)(F)F)c1. The first kappa shape index (κ1) is 29.6. The molecule has 0 saturated carbocycles. The lowest BCUT2D eigenvalue weighted by atomic mass is 10.0. The van der Waals surface area contributed by atoms with E-state index in [0.717, 1.165) is 4.90 Å². The van der Waals surface area contributed by atoms with Crippen LogP contribution < -0.4 is 10.6 Å². The summed E-state index contributed by atoms with van der Waals surface area (Å²) in [6.45, 7) is 4.55. The predicted octanol–water partition coefficient (Wildman–Crippen LogP) is 2.63. The van der Waals surface area contributed by atoms with E-state index < -0.39 is 64.5 Å². The summed E-state index contributed by atoms with van der Waals surface area (Å²) in [6.07, 6.45) is -6.50. The summed E-state index contributed by atoms with van der Waals surface area (Å²) in [4.78, 5) is 47.1. The van der Waals surface area contributed by atoms with Crippen molar-refractivity contribution in [1.29, 1.82) is 0 Å². The van der Waals surface area contributed by atoms with Crippen LogP contribution in [0.3, 0.4) is 0 Å². The van der Waals surface area contributed by atoms with Gasteiger partial charge in [-0.25, -0.2) is 4.79 Å². The molecule has 0 aliphatic rings. The first-order chi connectivity index (χ1) is 16.1. The van der Waals surface area contributed by atoms with E-state index in [2.05, 4.69) is 10.6 Å². The highest BCUT2D eigenvalue weighted by Gasteiger charge is 2.33. The van der Waals surface area contributed by atoms with Gasteiger partial charge in [-0.1, -0.05) is 27.2 Å². The third kappa shape index (κ3) is 9.76. The highest BCUT2D eigenvalue weighted by atomic mass is 19.4. The van der Waals surface area contributed by atoms with Crippen molar-refractivity contribution in [1.82, 2.24) is 15.5 Å². The molecule has 1 aromatic carbocycles. The first-order valence-corrected chi connectivity index (χ1v) is 10.8. The summed E-state index contributed by atoms with van der Waals surface area (Å²) in [6, 6.07) is 0.343. The van der Waals surface area contributed by atoms with E-state index in [9.17, 15) is 47.9 Å². The van der Waals surface area contributed by atoms with Crippen molar-refractivity contribution in [3.63, 3.8) is 0 Å². The molecular formula is C21H29F3N4O7. The lowest BCUT2D eigenvalue weighted by Gasteiger charge is -2.30. The molecule has 14 heteroatoms. The zero-order valence-corrected chi connectivity index (χ0v) is 19.5. The standard InChI is InChI=1S/C21H29F3N4O7/c1-4-5-17(29)16(11-27(20(32)33)10-12(2)3)26-18(30)9-25-19(31)13-6-14(21(22,23)24)8-15(7-13)28(34)35/h6-8,12,16-17,29H,4-5,9-11H2,1-3H3,(H,25,31)(H,26,30)(H,32,33)/t16-,17-/m0/s1. The van der Waals surface area contributed by atoms with E-state index >= 15 is 0 Å². The average Bonchev–Trinajstić information content (AvgIpc) is 2.75. The lowest BCUT2D eigenvalue weighted by Crippen LogP contribution is -2.53. The van der Waals surface area contributed by atoms with Crippen LogP contribution in [0.4, 0.5) is 23.7 Å². The molecule has 0 aliphatic carbocycles. The molecule has 1 aromatic rings. The van der Waals surface area contributed by atoms with Crippen molar-refractivity contribution in [2.24, 2.45) is 5.92 Å². The van der Waals surface area contributed by atoms with Gasteiger partial charge in [0.05, 0.1) is 29.2 Å². The second-order valence-electron chi connectivity index (χ2n) is 8.32. The van der Waals surface area contributed by atoms with Crippen molar-refractivity contribution >= 4 is 23.6 Å². The number of carbonyl (C=O) groups is 3. The highest BCUT2D eigenvalue weighted by molar-refractivity contribution is 5.97. The fourth-order valence-electron chi connectivity index (χ4n) is 3.20. The Labute approximate surface area is 199 Å². The van der Waals surface area contributed by atoms with Crippen LogP contribution in [0.1, 0.15) is 49.5 Å². The fraction of sp³-hybridized carbons (Fsp3) is 0.571. The predicted molar refractivity (Wildman–Crippen MR) is 118 cm³/mol. The fourth-order valence-corrected chi connectivity index (χ4v) is 3.20. The van der Waals surface area contributed by atoms with E-state index in [1.807, 2.05) is 0 Å². The van der Waals surface area contributed by atoms with Crippen LogP contribution in [0.15, 0.2) is 18.2 Å². The summed E-state index contributed by atoms with van der Waals surface area (Å²) in [5, 5.41) is 35.2. The topological polar surface area (TPSA) is 162 Å². The molecule has 2 atom stereocenters. The van der Waals surface area contributed by atoms with Gasteiger partial charge in [0, 0.05) is 30.8 Å². The molecule has 0 unspecified atom stereocenters. The van der Waals surface area contributed by atoms with Gasteiger partial charge in [-0.3, -0.25) is 19.7 Å². The molecule has 0 fully saturated rings. The van der Waals surface area contributed by atoms with E-state index in [1.165, 1.54) is 0 Å². The zero-order chi connectivity index (χ0) is 26.9. The highest BCUT2D eigenvalue weighted by Crippen LogP contribution is 2.32. The number of nitro benzene ring substituents is 1. The van der Waals surface area contributed by atoms with Gasteiger partial charge in [0.25, 0.3) is 11.6 Å². The summed E-state index contributed by atoms with van der Waals surface area (Å²) >= 11 is 0. The number of hydrogen-bond acceptors (Lipinski definition) is 6. The maximum absolute atomic E-state index is 13.0. The number of benzene rings is 1. The van der Waals surface area contributed by atoms with Crippen LogP contribution in [0.25, 0.3) is 0 Å². The molecule has 0 heterocycles. The summed E-state index contributed by atoms with van der Waals surface area (Å²) in [5.41, 5.74) is -3.02. The number of carboxylic acid groups (broad SMARTS) is 1. The minimum Gasteiger partial charge on any atom is -0.465 e. The maximum Gasteiger partial charge on any atom is 0.416 e. The number of amides is 3. The van der Waals surface area contributed by atoms with Gasteiger partial charge in [0.1, 0.15) is 0 Å². The van der Waals surface area contributed by atoms with Crippen LogP contribution in [0.2, 0.25) is 0 Å². The lowest BCUT2D eigenvalue weighted by molar-refractivity contribution is -0.385. The summed E-state index contributed by atoms with van der Waals surface area (Å²) in [7, 11) is 0. The monoisotopic (exact) mass is 506 g/mol. The van der Waals surface area contributed by atoms with Gasteiger partial charge in [-0.05, 0) is 18.4 Å². The van der Waals surface area contributed by atoms with E-state index in [-0.39, 0.29) is 31.5 Å². The number of halogens is 3. The smallest absolute Gasteiger partial charge is 0.416 e. The zero-order valence-electron chi connectivity index (χ0n) is 19.5. The molecule has 35 heavy (non-hydrogen) atoms. The number of nitrogens with zero attached hydrogens (tertiary/aromatic N) is 2. The Balaban J connectivity index is 2.95. The Morgan fingerprint density at radius 1 is 1.17 bits per heavy atom. The van der Waals surface area contributed by atoms with Gasteiger partial charge >= 0.3 is 12.3 Å². The van der Waals surface area contributed by atoms with Crippen LogP contribution >= 0.6 is 0 Å². The van der Waals surface area contributed by atoms with Crippen molar-refractivity contribution in [3.8, 4) is 0 Å². The molecule has 11 nitrogen and oxygen atoms in total. The number of rotatable bonds is 12. The van der Waals surface area contributed by atoms with Crippen molar-refractivity contribution in [2.75, 3.05) is 19.6 Å². The van der Waals surface area contributed by atoms with Crippen molar-refractivity contribution in [3.05, 3.63) is 39.4 Å². The number of alkyl halides is 3. The van der Waals surface area contributed by atoms with Crippen LogP contribution in [0.5, 0.6) is 0 Å². The Bertz CT molecular complexity index is 925. The molecule has 1 rings (SSSR count). The quantitative estimate of drug-likeness (QED) is 0.250. The Kier molecular flexibility index (Phi) is 10.9. The van der Waals surface area contributed by atoms with Gasteiger partial charge in [0.15, 0.2) is 0 Å². The maximum atomic E-state index is 13.0. The summed E-state index contributed by atoms with van der Waals surface area (Å²) < 4.78 is 39.1. The molecule has 0 spiro atoms. The molecule has 0 aliphatic heterocycles. The molecule has 3 amide bonds. The third-order valence-electron chi connectivity index (χ3n) is 4.80. The normalized spacial score (nSPS) is 13.1. The number of carbonyl (C=O) groups excluding carboxylic acids is 2. The Morgan fingerprint density at radius 2 is 1.80 bits per heavy atom. The number of non-ortho nitro benzene ring substituents is 1. The average molecular weight is 506 g/mol. The van der Waals surface area contributed by atoms with Gasteiger partial charge in [0.2, 0.25) is 5.91 Å².